The summed E-state index contributed by atoms with van der Waals surface area (Å²) in [5.74, 6) is 2.34. The minimum Gasteiger partial charge on any atom is -0.497 e. The van der Waals surface area contributed by atoms with E-state index in [9.17, 15) is 0 Å². The lowest BCUT2D eigenvalue weighted by Crippen LogP contribution is -2.17. The third-order valence-electron chi connectivity index (χ3n) is 4.20. The van der Waals surface area contributed by atoms with Crippen molar-refractivity contribution in [3.63, 3.8) is 0 Å². The number of rotatable bonds is 17. The van der Waals surface area contributed by atoms with Crippen molar-refractivity contribution in [2.24, 2.45) is 5.73 Å². The molecule has 0 aliphatic rings. The maximum absolute atomic E-state index is 5.53. The van der Waals surface area contributed by atoms with Gasteiger partial charge in [-0.2, -0.15) is 15.0 Å². The fraction of sp³-hybridized carbons (Fsp3) is 0.571. The molecule has 0 bridgehead atoms. The smallest absolute Gasteiger partial charge is 0.229 e. The first-order valence-corrected chi connectivity index (χ1v) is 10.7. The van der Waals surface area contributed by atoms with E-state index < -0.39 is 0 Å². The predicted molar refractivity (Wildman–Crippen MR) is 123 cm³/mol. The van der Waals surface area contributed by atoms with Crippen molar-refractivity contribution in [1.82, 2.24) is 15.0 Å². The molecule has 1 heterocycles. The Morgan fingerprint density at radius 1 is 0.871 bits per heavy atom. The van der Waals surface area contributed by atoms with Gasteiger partial charge >= 0.3 is 0 Å². The van der Waals surface area contributed by atoms with Crippen LogP contribution in [0.1, 0.15) is 25.3 Å². The highest BCUT2D eigenvalue weighted by Crippen LogP contribution is 2.15. The molecule has 0 radical (unpaired) electrons. The van der Waals surface area contributed by atoms with E-state index in [-0.39, 0.29) is 0 Å². The van der Waals surface area contributed by atoms with Gasteiger partial charge in [0.1, 0.15) is 5.75 Å². The van der Waals surface area contributed by atoms with E-state index >= 15 is 0 Å². The fourth-order valence-corrected chi connectivity index (χ4v) is 2.59. The maximum Gasteiger partial charge on any atom is 0.229 e. The van der Waals surface area contributed by atoms with Crippen LogP contribution in [0.3, 0.4) is 0 Å². The average molecular weight is 434 g/mol. The first-order chi connectivity index (χ1) is 15.2. The number of hydrogen-bond acceptors (Lipinski definition) is 10. The molecule has 2 aromatic rings. The Kier molecular flexibility index (Phi) is 12.0. The minimum atomic E-state index is 0.491. The highest BCUT2D eigenvalue weighted by molar-refractivity contribution is 5.43. The van der Waals surface area contributed by atoms with Crippen LogP contribution in [0.4, 0.5) is 17.8 Å². The Morgan fingerprint density at radius 3 is 2.23 bits per heavy atom. The third-order valence-corrected chi connectivity index (χ3v) is 4.20. The number of hydrogen-bond donors (Lipinski definition) is 4. The molecular formula is C21H35N7O3. The van der Waals surface area contributed by atoms with Crippen LogP contribution in [0.15, 0.2) is 24.3 Å². The number of methoxy groups -OCH3 is 1. The van der Waals surface area contributed by atoms with Crippen LogP contribution in [0.5, 0.6) is 5.75 Å². The third kappa shape index (κ3) is 10.3. The van der Waals surface area contributed by atoms with Crippen molar-refractivity contribution in [2.45, 2.75) is 26.3 Å². The van der Waals surface area contributed by atoms with E-state index in [0.717, 1.165) is 30.7 Å². The summed E-state index contributed by atoms with van der Waals surface area (Å²) in [4.78, 5) is 13.4. The molecule has 0 spiro atoms. The molecule has 0 atom stereocenters. The summed E-state index contributed by atoms with van der Waals surface area (Å²) in [6.45, 7) is 6.73. The van der Waals surface area contributed by atoms with Crippen LogP contribution < -0.4 is 26.4 Å². The summed E-state index contributed by atoms with van der Waals surface area (Å²) < 4.78 is 16.1. The average Bonchev–Trinajstić information content (AvgIpc) is 2.80. The highest BCUT2D eigenvalue weighted by Gasteiger charge is 2.07. The van der Waals surface area contributed by atoms with Crippen molar-refractivity contribution < 1.29 is 14.2 Å². The van der Waals surface area contributed by atoms with E-state index in [0.29, 0.717) is 63.9 Å². The zero-order chi connectivity index (χ0) is 22.2. The van der Waals surface area contributed by atoms with Gasteiger partial charge in [-0.1, -0.05) is 25.5 Å². The van der Waals surface area contributed by atoms with Crippen molar-refractivity contribution >= 4 is 17.8 Å². The number of nitrogens with zero attached hydrogens (tertiary/aromatic N) is 3. The van der Waals surface area contributed by atoms with Gasteiger partial charge in [0.15, 0.2) is 0 Å². The highest BCUT2D eigenvalue weighted by atomic mass is 16.5. The topological polar surface area (TPSA) is 128 Å². The van der Waals surface area contributed by atoms with Crippen LogP contribution >= 0.6 is 0 Å². The summed E-state index contributed by atoms with van der Waals surface area (Å²) in [5, 5.41) is 9.70. The normalized spacial score (nSPS) is 10.7. The summed E-state index contributed by atoms with van der Waals surface area (Å²) in [6, 6.07) is 7.86. The quantitative estimate of drug-likeness (QED) is 0.275. The van der Waals surface area contributed by atoms with E-state index in [4.69, 9.17) is 19.9 Å². The molecule has 0 aliphatic carbocycles. The number of ether oxygens (including phenoxy) is 3. The Balaban J connectivity index is 1.89. The van der Waals surface area contributed by atoms with Gasteiger partial charge in [-0.25, -0.2) is 0 Å². The van der Waals surface area contributed by atoms with Gasteiger partial charge in [0, 0.05) is 26.2 Å². The van der Waals surface area contributed by atoms with Crippen LogP contribution in [0.2, 0.25) is 0 Å². The number of unbranched alkanes of at least 4 members (excludes halogenated alkanes) is 1. The van der Waals surface area contributed by atoms with Gasteiger partial charge in [0.2, 0.25) is 17.8 Å². The molecule has 0 saturated carbocycles. The Labute approximate surface area is 184 Å². The Morgan fingerprint density at radius 2 is 1.55 bits per heavy atom. The van der Waals surface area contributed by atoms with Gasteiger partial charge in [-0.3, -0.25) is 0 Å². The second-order valence-corrected chi connectivity index (χ2v) is 6.73. The molecule has 0 saturated heterocycles. The lowest BCUT2D eigenvalue weighted by molar-refractivity contribution is 0.0547. The standard InChI is InChI=1S/C21H35N7O3/c1-3-4-9-23-19-26-20(24-10-12-31-14-13-30-11-8-22)28-21(27-19)25-16-17-6-5-7-18(15-17)29-2/h5-7,15H,3-4,8-14,16,22H2,1-2H3,(H3,23,24,25,26,27,28). The second-order valence-electron chi connectivity index (χ2n) is 6.73. The maximum atomic E-state index is 5.53. The lowest BCUT2D eigenvalue weighted by atomic mass is 10.2. The summed E-state index contributed by atoms with van der Waals surface area (Å²) in [7, 11) is 1.65. The molecule has 10 heteroatoms. The molecular weight excluding hydrogens is 398 g/mol. The van der Waals surface area contributed by atoms with E-state index in [1.165, 1.54) is 0 Å². The minimum absolute atomic E-state index is 0.491. The molecule has 1 aromatic heterocycles. The first-order valence-electron chi connectivity index (χ1n) is 10.7. The predicted octanol–water partition coefficient (Wildman–Crippen LogP) is 2.11. The molecule has 31 heavy (non-hydrogen) atoms. The van der Waals surface area contributed by atoms with Crippen molar-refractivity contribution in [2.75, 3.05) is 69.1 Å². The first kappa shape index (κ1) is 24.6. The van der Waals surface area contributed by atoms with Crippen molar-refractivity contribution in [3.05, 3.63) is 29.8 Å². The Bertz CT molecular complexity index is 749. The van der Waals surface area contributed by atoms with E-state index in [2.05, 4.69) is 37.8 Å². The molecule has 5 N–H and O–H groups in total. The fourth-order valence-electron chi connectivity index (χ4n) is 2.59. The molecule has 0 aliphatic heterocycles. The summed E-state index contributed by atoms with van der Waals surface area (Å²) >= 11 is 0. The van der Waals surface area contributed by atoms with E-state index in [1.807, 2.05) is 24.3 Å². The molecule has 0 amide bonds. The molecule has 0 unspecified atom stereocenters. The number of benzene rings is 1. The van der Waals surface area contributed by atoms with Crippen LogP contribution in [0.25, 0.3) is 0 Å². The van der Waals surface area contributed by atoms with Crippen LogP contribution in [-0.2, 0) is 16.0 Å². The van der Waals surface area contributed by atoms with Crippen molar-refractivity contribution in [3.8, 4) is 5.75 Å². The Hall–Kier alpha value is -2.69. The van der Waals surface area contributed by atoms with Crippen LogP contribution in [-0.4, -0.2) is 68.1 Å². The van der Waals surface area contributed by atoms with Crippen LogP contribution in [0, 0.1) is 0 Å². The van der Waals surface area contributed by atoms with Crippen molar-refractivity contribution in [1.29, 1.82) is 0 Å². The number of nitrogens with one attached hydrogen (secondary N) is 3. The van der Waals surface area contributed by atoms with Gasteiger partial charge in [-0.05, 0) is 24.1 Å². The van der Waals surface area contributed by atoms with Gasteiger partial charge in [-0.15, -0.1) is 0 Å². The summed E-state index contributed by atoms with van der Waals surface area (Å²) in [5.41, 5.74) is 6.44. The lowest BCUT2D eigenvalue weighted by Gasteiger charge is -2.12. The molecule has 172 valence electrons. The largest absolute Gasteiger partial charge is 0.497 e. The number of nitrogens with two attached hydrogens (primary N) is 1. The molecule has 1 aromatic carbocycles. The zero-order valence-corrected chi connectivity index (χ0v) is 18.5. The SMILES string of the molecule is CCCCNc1nc(NCCOCCOCCN)nc(NCc2cccc(OC)c2)n1. The number of anilines is 3. The summed E-state index contributed by atoms with van der Waals surface area (Å²) in [6.07, 6.45) is 2.14. The molecule has 2 rings (SSSR count). The monoisotopic (exact) mass is 433 g/mol. The zero-order valence-electron chi connectivity index (χ0n) is 18.5. The van der Waals surface area contributed by atoms with Gasteiger partial charge in [0.25, 0.3) is 0 Å². The second kappa shape index (κ2) is 15.2. The molecule has 10 nitrogen and oxygen atoms in total. The van der Waals surface area contributed by atoms with Gasteiger partial charge < -0.3 is 35.9 Å². The van der Waals surface area contributed by atoms with Gasteiger partial charge in [0.05, 0.1) is 33.5 Å². The molecule has 0 fully saturated rings. The number of aromatic nitrogens is 3. The van der Waals surface area contributed by atoms with E-state index in [1.54, 1.807) is 7.11 Å².